The quantitative estimate of drug-likeness (QED) is 0.315. The number of hydrogen-bond acceptors (Lipinski definition) is 2. The molecular weight excluding hydrogens is 218 g/mol. The zero-order valence-electron chi connectivity index (χ0n) is 10.7. The normalized spacial score (nSPS) is 11.4. The molecule has 0 saturated carbocycles. The van der Waals surface area contributed by atoms with Gasteiger partial charge >= 0.3 is 7.12 Å². The van der Waals surface area contributed by atoms with Crippen LogP contribution in [0.1, 0.15) is 64.7 Å². The maximum absolute atomic E-state index is 8.66. The molecule has 0 amide bonds. The lowest BCUT2D eigenvalue weighted by atomic mass is 9.98. The second-order valence-electron chi connectivity index (χ2n) is 4.51. The second-order valence-corrected chi connectivity index (χ2v) is 5.92. The highest BCUT2D eigenvalue weighted by Gasteiger charge is 2.04. The van der Waals surface area contributed by atoms with Gasteiger partial charge in [0.05, 0.1) is 0 Å². The molecule has 0 aliphatic heterocycles. The van der Waals surface area contributed by atoms with Crippen LogP contribution in [-0.4, -0.2) is 29.4 Å². The standard InChI is InChI=1S/C12H28BO2P/c1-2-3-4-5-6-7-8-9-10-11-16-12-13(14)15/h14-16H,2-12H2,1H3. The average Bonchev–Trinajstić information content (AvgIpc) is 2.25. The van der Waals surface area contributed by atoms with E-state index in [9.17, 15) is 0 Å². The molecule has 0 rings (SSSR count). The van der Waals surface area contributed by atoms with Gasteiger partial charge in [-0.15, -0.1) is 8.58 Å². The molecule has 0 saturated heterocycles. The van der Waals surface area contributed by atoms with Crippen LogP contribution in [0.25, 0.3) is 0 Å². The zero-order chi connectivity index (χ0) is 12.1. The molecule has 0 heterocycles. The Kier molecular flexibility index (Phi) is 13.8. The fourth-order valence-electron chi connectivity index (χ4n) is 1.79. The SMILES string of the molecule is CCCCCCCCCCCPCB(O)O. The molecule has 16 heavy (non-hydrogen) atoms. The van der Waals surface area contributed by atoms with Crippen molar-refractivity contribution in [1.29, 1.82) is 0 Å². The van der Waals surface area contributed by atoms with Crippen LogP contribution in [0.2, 0.25) is 0 Å². The van der Waals surface area contributed by atoms with E-state index >= 15 is 0 Å². The molecule has 0 aromatic rings. The number of rotatable bonds is 12. The predicted molar refractivity (Wildman–Crippen MR) is 75.5 cm³/mol. The van der Waals surface area contributed by atoms with Crippen molar-refractivity contribution < 1.29 is 10.0 Å². The second kappa shape index (κ2) is 13.5. The van der Waals surface area contributed by atoms with E-state index < -0.39 is 7.12 Å². The van der Waals surface area contributed by atoms with E-state index in [1.807, 2.05) is 0 Å². The lowest BCUT2D eigenvalue weighted by molar-refractivity contribution is 0.415. The van der Waals surface area contributed by atoms with E-state index in [2.05, 4.69) is 6.92 Å². The molecule has 2 N–H and O–H groups in total. The van der Waals surface area contributed by atoms with Gasteiger partial charge in [-0.2, -0.15) is 0 Å². The van der Waals surface area contributed by atoms with E-state index in [1.165, 1.54) is 63.9 Å². The fourth-order valence-corrected chi connectivity index (χ4v) is 2.75. The van der Waals surface area contributed by atoms with E-state index in [-0.39, 0.29) is 0 Å². The molecule has 0 bridgehead atoms. The lowest BCUT2D eigenvalue weighted by Gasteiger charge is -2.02. The highest BCUT2D eigenvalue weighted by molar-refractivity contribution is 7.40. The molecule has 1 atom stereocenters. The van der Waals surface area contributed by atoms with E-state index in [0.29, 0.717) is 6.06 Å². The van der Waals surface area contributed by atoms with E-state index in [0.717, 1.165) is 8.58 Å². The van der Waals surface area contributed by atoms with Crippen LogP contribution in [-0.2, 0) is 0 Å². The minimum Gasteiger partial charge on any atom is -0.427 e. The molecule has 0 aliphatic rings. The molecule has 96 valence electrons. The van der Waals surface area contributed by atoms with Gasteiger partial charge in [-0.05, 0) is 18.6 Å². The monoisotopic (exact) mass is 246 g/mol. The zero-order valence-corrected chi connectivity index (χ0v) is 11.7. The first kappa shape index (κ1) is 16.4. The third kappa shape index (κ3) is 14.4. The summed E-state index contributed by atoms with van der Waals surface area (Å²) in [6.45, 7) is 2.25. The highest BCUT2D eigenvalue weighted by atomic mass is 31.1. The van der Waals surface area contributed by atoms with Crippen molar-refractivity contribution in [2.45, 2.75) is 64.7 Å². The summed E-state index contributed by atoms with van der Waals surface area (Å²) in [7, 11) is -0.362. The first-order valence-electron chi connectivity index (χ1n) is 6.84. The van der Waals surface area contributed by atoms with Crippen molar-refractivity contribution in [1.82, 2.24) is 0 Å². The van der Waals surface area contributed by atoms with Crippen LogP contribution in [0.3, 0.4) is 0 Å². The first-order valence-corrected chi connectivity index (χ1v) is 8.25. The summed E-state index contributed by atoms with van der Waals surface area (Å²) in [4.78, 5) is 0. The van der Waals surface area contributed by atoms with Crippen LogP contribution >= 0.6 is 8.58 Å². The van der Waals surface area contributed by atoms with Crippen LogP contribution < -0.4 is 0 Å². The van der Waals surface area contributed by atoms with Crippen molar-refractivity contribution in [3.05, 3.63) is 0 Å². The van der Waals surface area contributed by atoms with Gasteiger partial charge in [0, 0.05) is 0 Å². The Hall–Kier alpha value is 0.415. The largest absolute Gasteiger partial charge is 0.455 e. The summed E-state index contributed by atoms with van der Waals surface area (Å²) in [6, 6.07) is 0.566. The third-order valence-corrected chi connectivity index (χ3v) is 4.14. The summed E-state index contributed by atoms with van der Waals surface area (Å²) < 4.78 is 0. The Morgan fingerprint density at radius 1 is 0.812 bits per heavy atom. The van der Waals surface area contributed by atoms with Gasteiger partial charge in [0.1, 0.15) is 0 Å². The van der Waals surface area contributed by atoms with Gasteiger partial charge in [0.15, 0.2) is 0 Å². The average molecular weight is 246 g/mol. The number of hydrogen-bond donors (Lipinski definition) is 2. The van der Waals surface area contributed by atoms with Gasteiger partial charge in [0.25, 0.3) is 0 Å². The highest BCUT2D eigenvalue weighted by Crippen LogP contribution is 2.15. The van der Waals surface area contributed by atoms with E-state index in [4.69, 9.17) is 10.0 Å². The smallest absolute Gasteiger partial charge is 0.427 e. The van der Waals surface area contributed by atoms with Gasteiger partial charge in [-0.25, -0.2) is 0 Å². The minimum absolute atomic E-state index is 0.566. The van der Waals surface area contributed by atoms with Crippen molar-refractivity contribution in [2.75, 3.05) is 12.2 Å². The Morgan fingerprint density at radius 3 is 1.81 bits per heavy atom. The van der Waals surface area contributed by atoms with Crippen LogP contribution in [0.15, 0.2) is 0 Å². The minimum atomic E-state index is -1.09. The van der Waals surface area contributed by atoms with Gasteiger partial charge < -0.3 is 10.0 Å². The molecule has 4 heteroatoms. The topological polar surface area (TPSA) is 40.5 Å². The fraction of sp³-hybridized carbons (Fsp3) is 1.00. The van der Waals surface area contributed by atoms with Crippen molar-refractivity contribution in [3.63, 3.8) is 0 Å². The molecule has 1 unspecified atom stereocenters. The molecule has 0 radical (unpaired) electrons. The maximum Gasteiger partial charge on any atom is 0.455 e. The Morgan fingerprint density at radius 2 is 1.31 bits per heavy atom. The predicted octanol–water partition coefficient (Wildman–Crippen LogP) is 3.21. The molecule has 0 aromatic heterocycles. The molecule has 0 spiro atoms. The summed E-state index contributed by atoms with van der Waals surface area (Å²) in [5.74, 6) is 0. The summed E-state index contributed by atoms with van der Waals surface area (Å²) in [5, 5.41) is 17.3. The van der Waals surface area contributed by atoms with Crippen molar-refractivity contribution >= 4 is 15.7 Å². The molecule has 0 aliphatic carbocycles. The first-order chi connectivity index (χ1) is 7.77. The van der Waals surface area contributed by atoms with Crippen LogP contribution in [0.5, 0.6) is 0 Å². The van der Waals surface area contributed by atoms with Crippen LogP contribution in [0, 0.1) is 0 Å². The van der Waals surface area contributed by atoms with E-state index in [1.54, 1.807) is 0 Å². The molecule has 2 nitrogen and oxygen atoms in total. The lowest BCUT2D eigenvalue weighted by Crippen LogP contribution is -2.13. The van der Waals surface area contributed by atoms with Gasteiger partial charge in [-0.1, -0.05) is 58.3 Å². The molecular formula is C12H28BO2P. The van der Waals surface area contributed by atoms with Crippen molar-refractivity contribution in [3.8, 4) is 0 Å². The molecule has 0 aromatic carbocycles. The summed E-state index contributed by atoms with van der Waals surface area (Å²) >= 11 is 0. The van der Waals surface area contributed by atoms with Gasteiger partial charge in [0.2, 0.25) is 0 Å². The Labute approximate surface area is 103 Å². The Balaban J connectivity index is 2.88. The summed E-state index contributed by atoms with van der Waals surface area (Å²) in [6.07, 6.45) is 13.4. The van der Waals surface area contributed by atoms with Gasteiger partial charge in [-0.3, -0.25) is 0 Å². The molecule has 0 fully saturated rings. The van der Waals surface area contributed by atoms with Crippen LogP contribution in [0.4, 0.5) is 0 Å². The van der Waals surface area contributed by atoms with Crippen molar-refractivity contribution in [2.24, 2.45) is 0 Å². The maximum atomic E-state index is 8.66. The third-order valence-electron chi connectivity index (χ3n) is 2.78. The summed E-state index contributed by atoms with van der Waals surface area (Å²) in [5.41, 5.74) is 0. The number of unbranched alkanes of at least 4 members (excludes halogenated alkanes) is 8. The Bertz CT molecular complexity index is 134.